The van der Waals surface area contributed by atoms with Crippen LogP contribution < -0.4 is 5.32 Å². The molecule has 0 aromatic heterocycles. The summed E-state index contributed by atoms with van der Waals surface area (Å²) in [4.78, 5) is 41.8. The third kappa shape index (κ3) is 9.97. The standard InChI is InChI=1S/C46H68N2O9Si2/c1-32(2)59(33(3)4)55-30-45(43(50)54-31-52-25-26-58(9,10)11)46(57-59,35(6)28-48(45)8)27-34(5)42(56-36(7)49)23-13-12-18-24-47-44(51)53-29-41-39-21-16-14-19-37(39)38-20-15-17-22-40(38)41/h12-23,32-35,41-42H,24-31H2,1-11H3,(H,47,51)/b18-12+,23-13+/t34-,35+,42+,45-,46-/m1/s1. The monoisotopic (exact) mass is 848 g/mol. The first-order chi connectivity index (χ1) is 27.9. The lowest BCUT2D eigenvalue weighted by molar-refractivity contribution is -0.202. The third-order valence-corrected chi connectivity index (χ3v) is 18.7. The topological polar surface area (TPSA) is 122 Å². The molecule has 0 unspecified atom stereocenters. The predicted octanol–water partition coefficient (Wildman–Crippen LogP) is 8.82. The minimum Gasteiger partial charge on any atom is -0.458 e. The van der Waals surface area contributed by atoms with Crippen molar-refractivity contribution in [2.45, 2.75) is 115 Å². The maximum atomic E-state index is 14.5. The van der Waals surface area contributed by atoms with Crippen LogP contribution >= 0.6 is 0 Å². The Labute approximate surface area is 354 Å². The number of benzene rings is 2. The van der Waals surface area contributed by atoms with Gasteiger partial charge in [0.15, 0.2) is 12.3 Å². The van der Waals surface area contributed by atoms with Gasteiger partial charge in [0.2, 0.25) is 0 Å². The van der Waals surface area contributed by atoms with Crippen molar-refractivity contribution in [3.05, 3.63) is 84.0 Å². The summed E-state index contributed by atoms with van der Waals surface area (Å²) in [6.45, 7) is 22.6. The van der Waals surface area contributed by atoms with Gasteiger partial charge in [0, 0.05) is 40.6 Å². The number of rotatable bonds is 18. The molecule has 1 aliphatic carbocycles. The van der Waals surface area contributed by atoms with E-state index in [9.17, 15) is 14.4 Å². The molecule has 2 heterocycles. The SMILES string of the molecule is CC(=O)O[C@@H](/C=C/C=C/CNC(=O)OCC1c2ccccc2-c2ccccc21)[C@H](C)C[C@]12O[Si](C(C)C)(C(C)C)OC[C@]1(C(=O)OCOCC[Si](C)(C)C)N(C)C[C@@H]2C. The minimum atomic E-state index is -2.90. The third-order valence-electron chi connectivity index (χ3n) is 12.5. The summed E-state index contributed by atoms with van der Waals surface area (Å²) in [5, 5.41) is 2.81. The van der Waals surface area contributed by atoms with Crippen LogP contribution in [0.4, 0.5) is 4.79 Å². The Morgan fingerprint density at radius 3 is 2.19 bits per heavy atom. The van der Waals surface area contributed by atoms with Crippen LogP contribution in [0.2, 0.25) is 36.8 Å². The van der Waals surface area contributed by atoms with Crippen molar-refractivity contribution in [3.63, 3.8) is 0 Å². The number of alkyl carbamates (subject to hydrolysis) is 1. The van der Waals surface area contributed by atoms with E-state index in [-0.39, 0.29) is 55.4 Å². The molecule has 2 aliphatic heterocycles. The number of hydrogen-bond acceptors (Lipinski definition) is 10. The molecule has 324 valence electrons. The van der Waals surface area contributed by atoms with Gasteiger partial charge in [0.1, 0.15) is 12.7 Å². The van der Waals surface area contributed by atoms with Crippen LogP contribution in [-0.4, -0.2) is 104 Å². The summed E-state index contributed by atoms with van der Waals surface area (Å²) in [6.07, 6.45) is 6.56. The van der Waals surface area contributed by atoms with Gasteiger partial charge >= 0.3 is 26.6 Å². The average molecular weight is 849 g/mol. The molecule has 2 fully saturated rings. The van der Waals surface area contributed by atoms with E-state index in [0.29, 0.717) is 19.6 Å². The molecule has 11 nitrogen and oxygen atoms in total. The van der Waals surface area contributed by atoms with Crippen molar-refractivity contribution in [1.29, 1.82) is 0 Å². The fraction of sp³-hybridized carbons (Fsp3) is 0.587. The molecule has 3 aliphatic rings. The Morgan fingerprint density at radius 2 is 1.59 bits per heavy atom. The first-order valence-electron chi connectivity index (χ1n) is 21.3. The van der Waals surface area contributed by atoms with E-state index >= 15 is 0 Å². The van der Waals surface area contributed by atoms with Gasteiger partial charge in [-0.2, -0.15) is 0 Å². The van der Waals surface area contributed by atoms with Gasteiger partial charge in [-0.1, -0.05) is 128 Å². The minimum absolute atomic E-state index is 0.0190. The first-order valence-corrected chi connectivity index (χ1v) is 27.0. The number of amides is 1. The van der Waals surface area contributed by atoms with Crippen molar-refractivity contribution < 1.29 is 42.2 Å². The lowest BCUT2D eigenvalue weighted by atomic mass is 9.70. The summed E-state index contributed by atoms with van der Waals surface area (Å²) in [5.74, 6) is -1.20. The lowest BCUT2D eigenvalue weighted by Gasteiger charge is -2.58. The fourth-order valence-corrected chi connectivity index (χ4v) is 14.1. The van der Waals surface area contributed by atoms with Gasteiger partial charge in [-0.05, 0) is 70.8 Å². The smallest absolute Gasteiger partial charge is 0.407 e. The zero-order valence-electron chi connectivity index (χ0n) is 37.2. The van der Waals surface area contributed by atoms with Gasteiger partial charge in [-0.25, -0.2) is 9.59 Å². The lowest BCUT2D eigenvalue weighted by Crippen LogP contribution is -2.76. The molecule has 0 radical (unpaired) electrons. The highest BCUT2D eigenvalue weighted by Gasteiger charge is 2.74. The second kappa shape index (κ2) is 19.4. The van der Waals surface area contributed by atoms with E-state index in [0.717, 1.165) is 17.2 Å². The zero-order chi connectivity index (χ0) is 43.2. The van der Waals surface area contributed by atoms with Gasteiger partial charge < -0.3 is 33.1 Å². The van der Waals surface area contributed by atoms with E-state index in [4.69, 9.17) is 27.8 Å². The molecular formula is C46H68N2O9Si2. The Balaban J connectivity index is 1.27. The number of allylic oxidation sites excluding steroid dienone is 2. The molecule has 1 amide bonds. The Morgan fingerprint density at radius 1 is 0.966 bits per heavy atom. The van der Waals surface area contributed by atoms with Gasteiger partial charge in [0.25, 0.3) is 0 Å². The second-order valence-corrected chi connectivity index (χ2v) is 28.4. The summed E-state index contributed by atoms with van der Waals surface area (Å²) in [6, 6.07) is 17.4. The maximum absolute atomic E-state index is 14.5. The quantitative estimate of drug-likeness (QED) is 0.0389. The molecular weight excluding hydrogens is 781 g/mol. The molecule has 0 bridgehead atoms. The van der Waals surface area contributed by atoms with Gasteiger partial charge in [-0.15, -0.1) is 0 Å². The summed E-state index contributed by atoms with van der Waals surface area (Å²) in [7, 11) is -2.28. The predicted molar refractivity (Wildman–Crippen MR) is 236 cm³/mol. The van der Waals surface area contributed by atoms with E-state index in [1.54, 1.807) is 12.2 Å². The Kier molecular flexibility index (Phi) is 15.3. The molecule has 5 atom stereocenters. The van der Waals surface area contributed by atoms with E-state index in [2.05, 4.69) is 83.8 Å². The van der Waals surface area contributed by atoms with E-state index < -0.39 is 51.9 Å². The zero-order valence-corrected chi connectivity index (χ0v) is 39.2. The molecule has 2 saturated heterocycles. The van der Waals surface area contributed by atoms with E-state index in [1.165, 1.54) is 18.1 Å². The van der Waals surface area contributed by atoms with Crippen molar-refractivity contribution in [2.24, 2.45) is 11.8 Å². The number of ether oxygens (including phenoxy) is 4. The number of nitrogens with one attached hydrogen (secondary N) is 1. The van der Waals surface area contributed by atoms with Crippen molar-refractivity contribution in [1.82, 2.24) is 10.2 Å². The molecule has 0 spiro atoms. The molecule has 0 saturated carbocycles. The Hall–Kier alpha value is -3.60. The molecule has 13 heteroatoms. The van der Waals surface area contributed by atoms with Crippen LogP contribution in [0.25, 0.3) is 11.1 Å². The van der Waals surface area contributed by atoms with Crippen LogP contribution in [0, 0.1) is 11.8 Å². The van der Waals surface area contributed by atoms with Crippen LogP contribution in [0.5, 0.6) is 0 Å². The number of carbonyl (C=O) groups excluding carboxylic acids is 3. The number of esters is 2. The summed E-state index contributed by atoms with van der Waals surface area (Å²) < 4.78 is 37.7. The second-order valence-electron chi connectivity index (χ2n) is 18.5. The largest absolute Gasteiger partial charge is 0.458 e. The number of likely N-dealkylation sites (N-methyl/N-ethyl adjacent to an activating group) is 1. The van der Waals surface area contributed by atoms with Gasteiger partial charge in [0.05, 0.1) is 12.2 Å². The first kappa shape index (κ1) is 46.5. The normalized spacial score (nSPS) is 23.9. The summed E-state index contributed by atoms with van der Waals surface area (Å²) >= 11 is 0. The van der Waals surface area contributed by atoms with Crippen LogP contribution in [0.1, 0.15) is 71.9 Å². The molecule has 5 rings (SSSR count). The highest BCUT2D eigenvalue weighted by atomic mass is 28.4. The van der Waals surface area contributed by atoms with Crippen molar-refractivity contribution in [2.75, 3.05) is 46.8 Å². The number of nitrogens with zero attached hydrogens (tertiary/aromatic N) is 1. The average Bonchev–Trinajstić information content (AvgIpc) is 3.61. The fourth-order valence-electron chi connectivity index (χ4n) is 9.32. The number of hydrogen-bond donors (Lipinski definition) is 1. The number of carbonyl (C=O) groups is 3. The van der Waals surface area contributed by atoms with Crippen molar-refractivity contribution in [3.8, 4) is 11.1 Å². The van der Waals surface area contributed by atoms with Crippen LogP contribution in [0.15, 0.2) is 72.8 Å². The maximum Gasteiger partial charge on any atom is 0.407 e. The highest BCUT2D eigenvalue weighted by molar-refractivity contribution is 6.76. The molecule has 59 heavy (non-hydrogen) atoms. The van der Waals surface area contributed by atoms with Crippen LogP contribution in [0.3, 0.4) is 0 Å². The number of fused-ring (bicyclic) bond motifs is 4. The molecule has 1 N–H and O–H groups in total. The van der Waals surface area contributed by atoms with E-state index in [1.807, 2.05) is 55.3 Å². The summed E-state index contributed by atoms with van der Waals surface area (Å²) in [5.41, 5.74) is 2.66. The van der Waals surface area contributed by atoms with Crippen molar-refractivity contribution >= 4 is 34.7 Å². The molecule has 2 aromatic rings. The van der Waals surface area contributed by atoms with Crippen LogP contribution in [-0.2, 0) is 37.4 Å². The molecule has 2 aromatic carbocycles. The van der Waals surface area contributed by atoms with Gasteiger partial charge in [-0.3, -0.25) is 9.69 Å². The highest BCUT2D eigenvalue weighted by Crippen LogP contribution is 2.57. The number of likely N-dealkylation sites (tertiary alicyclic amines) is 1. The Bertz CT molecular complexity index is 1790.